The molecule has 3 rings (SSSR count). The van der Waals surface area contributed by atoms with Gasteiger partial charge in [-0.25, -0.2) is 0 Å². The average Bonchev–Trinajstić information content (AvgIpc) is 3.18. The van der Waals surface area contributed by atoms with Crippen LogP contribution in [0.25, 0.3) is 0 Å². The molecule has 1 heterocycles. The van der Waals surface area contributed by atoms with Gasteiger partial charge in [0.05, 0.1) is 7.11 Å². The summed E-state index contributed by atoms with van der Waals surface area (Å²) in [5.74, 6) is 1.24. The van der Waals surface area contributed by atoms with Crippen LogP contribution >= 0.6 is 0 Å². The summed E-state index contributed by atoms with van der Waals surface area (Å²) in [4.78, 5) is 16.9. The van der Waals surface area contributed by atoms with E-state index in [1.54, 1.807) is 13.3 Å². The summed E-state index contributed by atoms with van der Waals surface area (Å²) in [5.41, 5.74) is 2.09. The van der Waals surface area contributed by atoms with Gasteiger partial charge in [-0.15, -0.1) is 0 Å². The summed E-state index contributed by atoms with van der Waals surface area (Å²) in [6.07, 6.45) is 6.16. The van der Waals surface area contributed by atoms with Crippen molar-refractivity contribution in [2.24, 2.45) is 5.92 Å². The minimum atomic E-state index is 0.0439. The van der Waals surface area contributed by atoms with Crippen molar-refractivity contribution in [3.8, 4) is 5.75 Å². The Balaban J connectivity index is 1.75. The van der Waals surface area contributed by atoms with Crippen LogP contribution in [-0.4, -0.2) is 24.5 Å². The highest BCUT2D eigenvalue weighted by atomic mass is 16.5. The van der Waals surface area contributed by atoms with E-state index in [4.69, 9.17) is 4.74 Å². The molecule has 1 aliphatic rings. The van der Waals surface area contributed by atoms with E-state index in [9.17, 15) is 4.79 Å². The normalized spacial score (nSPS) is 15.9. The molecule has 1 fully saturated rings. The molecular weight excluding hydrogens is 300 g/mol. The molecule has 1 unspecified atom stereocenters. The molecule has 1 atom stereocenters. The van der Waals surface area contributed by atoms with Crippen molar-refractivity contribution in [1.82, 2.24) is 10.3 Å². The molecule has 0 aliphatic heterocycles. The number of methoxy groups -OCH3 is 1. The van der Waals surface area contributed by atoms with Gasteiger partial charge < -0.3 is 10.1 Å². The smallest absolute Gasteiger partial charge is 0.223 e. The highest BCUT2D eigenvalue weighted by Gasteiger charge is 2.24. The molecular formula is C20H24N2O2. The molecule has 4 heteroatoms. The van der Waals surface area contributed by atoms with Gasteiger partial charge in [-0.3, -0.25) is 9.78 Å². The van der Waals surface area contributed by atoms with Crippen molar-refractivity contribution >= 4 is 5.91 Å². The highest BCUT2D eigenvalue weighted by Crippen LogP contribution is 2.27. The maximum Gasteiger partial charge on any atom is 0.223 e. The van der Waals surface area contributed by atoms with Crippen molar-refractivity contribution in [2.45, 2.75) is 31.6 Å². The summed E-state index contributed by atoms with van der Waals surface area (Å²) in [7, 11) is 1.66. The van der Waals surface area contributed by atoms with Crippen molar-refractivity contribution in [3.05, 3.63) is 59.9 Å². The molecule has 1 aromatic carbocycles. The third kappa shape index (κ3) is 3.94. The van der Waals surface area contributed by atoms with Gasteiger partial charge in [0.15, 0.2) is 0 Å². The van der Waals surface area contributed by atoms with Gasteiger partial charge in [0.1, 0.15) is 5.75 Å². The Bertz CT molecular complexity index is 649. The zero-order chi connectivity index (χ0) is 16.8. The summed E-state index contributed by atoms with van der Waals surface area (Å²) in [6, 6.07) is 13.9. The number of pyridine rings is 1. The van der Waals surface area contributed by atoms with Crippen LogP contribution in [0, 0.1) is 5.92 Å². The fraction of sp³-hybridized carbons (Fsp3) is 0.400. The predicted molar refractivity (Wildman–Crippen MR) is 94.0 cm³/mol. The van der Waals surface area contributed by atoms with Gasteiger partial charge in [0.2, 0.25) is 5.91 Å². The van der Waals surface area contributed by atoms with E-state index >= 15 is 0 Å². The number of hydrogen-bond donors (Lipinski definition) is 1. The second-order valence-corrected chi connectivity index (χ2v) is 6.31. The lowest BCUT2D eigenvalue weighted by Gasteiger charge is -2.19. The number of amides is 1. The molecule has 0 spiro atoms. The second-order valence-electron chi connectivity index (χ2n) is 6.31. The lowest BCUT2D eigenvalue weighted by atomic mass is 9.94. The number of hydrogen-bond acceptors (Lipinski definition) is 3. The fourth-order valence-corrected chi connectivity index (χ4v) is 3.35. The number of nitrogens with zero attached hydrogens (tertiary/aromatic N) is 1. The quantitative estimate of drug-likeness (QED) is 0.884. The SMILES string of the molecule is COc1ccc(C(CNC(=O)C2CCCC2)c2ccccn2)cc1. The predicted octanol–water partition coefficient (Wildman–Crippen LogP) is 3.53. The molecule has 1 aliphatic carbocycles. The maximum absolute atomic E-state index is 12.4. The Morgan fingerprint density at radius 2 is 1.96 bits per heavy atom. The minimum Gasteiger partial charge on any atom is -0.497 e. The third-order valence-electron chi connectivity index (χ3n) is 4.77. The molecule has 1 amide bonds. The van der Waals surface area contributed by atoms with Crippen LogP contribution < -0.4 is 10.1 Å². The first-order chi connectivity index (χ1) is 11.8. The number of aromatic nitrogens is 1. The zero-order valence-corrected chi connectivity index (χ0v) is 14.1. The first-order valence-corrected chi connectivity index (χ1v) is 8.60. The van der Waals surface area contributed by atoms with Gasteiger partial charge in [-0.1, -0.05) is 31.0 Å². The van der Waals surface area contributed by atoms with Gasteiger partial charge in [-0.05, 0) is 42.7 Å². The van der Waals surface area contributed by atoms with E-state index in [0.29, 0.717) is 6.54 Å². The summed E-state index contributed by atoms with van der Waals surface area (Å²) in [6.45, 7) is 0.568. The lowest BCUT2D eigenvalue weighted by Crippen LogP contribution is -2.33. The first-order valence-electron chi connectivity index (χ1n) is 8.60. The molecule has 0 saturated heterocycles. The van der Waals surface area contributed by atoms with Crippen LogP contribution in [0.2, 0.25) is 0 Å². The Kier molecular flexibility index (Phi) is 5.47. The molecule has 2 aromatic rings. The number of carbonyl (C=O) groups excluding carboxylic acids is 1. The number of ether oxygens (including phenoxy) is 1. The Morgan fingerprint density at radius 1 is 1.21 bits per heavy atom. The molecule has 0 bridgehead atoms. The Hall–Kier alpha value is -2.36. The van der Waals surface area contributed by atoms with Gasteiger partial charge in [-0.2, -0.15) is 0 Å². The maximum atomic E-state index is 12.4. The topological polar surface area (TPSA) is 51.2 Å². The summed E-state index contributed by atoms with van der Waals surface area (Å²) < 4.78 is 5.23. The van der Waals surface area contributed by atoms with E-state index in [-0.39, 0.29) is 17.7 Å². The van der Waals surface area contributed by atoms with E-state index < -0.39 is 0 Å². The molecule has 24 heavy (non-hydrogen) atoms. The van der Waals surface area contributed by atoms with Crippen LogP contribution in [0.3, 0.4) is 0 Å². The standard InChI is InChI=1S/C20H24N2O2/c1-24-17-11-9-15(10-12-17)18(19-8-4-5-13-21-19)14-22-20(23)16-6-2-3-7-16/h4-5,8-13,16,18H,2-3,6-7,14H2,1H3,(H,22,23). The van der Waals surface area contributed by atoms with Crippen molar-refractivity contribution in [3.63, 3.8) is 0 Å². The monoisotopic (exact) mass is 324 g/mol. The van der Waals surface area contributed by atoms with E-state index in [0.717, 1.165) is 29.8 Å². The molecule has 4 nitrogen and oxygen atoms in total. The first kappa shape index (κ1) is 16.5. The van der Waals surface area contributed by atoms with E-state index in [2.05, 4.69) is 10.3 Å². The Morgan fingerprint density at radius 3 is 2.58 bits per heavy atom. The fourth-order valence-electron chi connectivity index (χ4n) is 3.35. The molecule has 126 valence electrons. The largest absolute Gasteiger partial charge is 0.497 e. The van der Waals surface area contributed by atoms with Crippen molar-refractivity contribution in [1.29, 1.82) is 0 Å². The average molecular weight is 324 g/mol. The van der Waals surface area contributed by atoms with E-state index in [1.165, 1.54) is 12.8 Å². The lowest BCUT2D eigenvalue weighted by molar-refractivity contribution is -0.124. The molecule has 0 radical (unpaired) electrons. The van der Waals surface area contributed by atoms with Gasteiger partial charge in [0.25, 0.3) is 0 Å². The van der Waals surface area contributed by atoms with Gasteiger partial charge in [0, 0.05) is 30.3 Å². The minimum absolute atomic E-state index is 0.0439. The van der Waals surface area contributed by atoms with Crippen molar-refractivity contribution < 1.29 is 9.53 Å². The zero-order valence-electron chi connectivity index (χ0n) is 14.1. The van der Waals surface area contributed by atoms with Crippen LogP contribution in [0.15, 0.2) is 48.7 Å². The van der Waals surface area contributed by atoms with Gasteiger partial charge >= 0.3 is 0 Å². The molecule has 1 N–H and O–H groups in total. The molecule has 1 saturated carbocycles. The Labute approximate surface area is 143 Å². The number of benzene rings is 1. The highest BCUT2D eigenvalue weighted by molar-refractivity contribution is 5.79. The van der Waals surface area contributed by atoms with Crippen LogP contribution in [0.5, 0.6) is 5.75 Å². The van der Waals surface area contributed by atoms with Crippen LogP contribution in [-0.2, 0) is 4.79 Å². The van der Waals surface area contributed by atoms with Crippen molar-refractivity contribution in [2.75, 3.05) is 13.7 Å². The summed E-state index contributed by atoms with van der Waals surface area (Å²) >= 11 is 0. The number of nitrogens with one attached hydrogen (secondary N) is 1. The van der Waals surface area contributed by atoms with Crippen LogP contribution in [0.1, 0.15) is 42.9 Å². The third-order valence-corrected chi connectivity index (χ3v) is 4.77. The van der Waals surface area contributed by atoms with Crippen LogP contribution in [0.4, 0.5) is 0 Å². The van der Waals surface area contributed by atoms with E-state index in [1.807, 2.05) is 42.5 Å². The summed E-state index contributed by atoms with van der Waals surface area (Å²) in [5, 5.41) is 3.14. The molecule has 1 aromatic heterocycles. The number of rotatable bonds is 6. The second kappa shape index (κ2) is 7.95. The number of carbonyl (C=O) groups is 1.